The second-order valence-corrected chi connectivity index (χ2v) is 4.18. The van der Waals surface area contributed by atoms with Gasteiger partial charge < -0.3 is 15.4 Å². The number of rotatable bonds is 6. The van der Waals surface area contributed by atoms with Gasteiger partial charge in [-0.25, -0.2) is 8.78 Å². The molecule has 0 aromatic rings. The van der Waals surface area contributed by atoms with E-state index in [2.05, 4.69) is 5.32 Å². The van der Waals surface area contributed by atoms with Crippen LogP contribution in [-0.4, -0.2) is 50.1 Å². The molecule has 1 aliphatic heterocycles. The normalized spacial score (nSPS) is 18.9. The van der Waals surface area contributed by atoms with Crippen LogP contribution in [0.3, 0.4) is 0 Å². The van der Waals surface area contributed by atoms with Crippen LogP contribution in [0.2, 0.25) is 0 Å². The summed E-state index contributed by atoms with van der Waals surface area (Å²) in [5.74, 6) is -5.05. The van der Waals surface area contributed by atoms with Crippen molar-refractivity contribution in [2.75, 3.05) is 26.2 Å². The van der Waals surface area contributed by atoms with Crippen molar-refractivity contribution >= 4 is 5.91 Å². The van der Waals surface area contributed by atoms with Crippen molar-refractivity contribution in [1.82, 2.24) is 10.6 Å². The van der Waals surface area contributed by atoms with Gasteiger partial charge in [0.15, 0.2) is 0 Å². The van der Waals surface area contributed by atoms with Gasteiger partial charge in [0.1, 0.15) is 6.61 Å². The molecule has 1 amide bonds. The molecular weight excluding hydrogens is 244 g/mol. The van der Waals surface area contributed by atoms with E-state index in [1.165, 1.54) is 0 Å². The lowest BCUT2D eigenvalue weighted by Gasteiger charge is -2.38. The Labute approximate surface area is 95.7 Å². The van der Waals surface area contributed by atoms with Crippen molar-refractivity contribution in [2.45, 2.75) is 24.9 Å². The number of hydrogen-bond donors (Lipinski definition) is 2. The summed E-state index contributed by atoms with van der Waals surface area (Å²) in [6, 6.07) is 0. The second kappa shape index (κ2) is 5.18. The van der Waals surface area contributed by atoms with Gasteiger partial charge in [0, 0.05) is 13.1 Å². The van der Waals surface area contributed by atoms with Gasteiger partial charge in [0.2, 0.25) is 5.91 Å². The fraction of sp³-hybridized carbons (Fsp3) is 0.889. The van der Waals surface area contributed by atoms with E-state index in [4.69, 9.17) is 4.74 Å². The Morgan fingerprint density at radius 2 is 2.12 bits per heavy atom. The summed E-state index contributed by atoms with van der Waals surface area (Å²) in [6.45, 7) is 1.07. The minimum Gasteiger partial charge on any atom is -0.363 e. The van der Waals surface area contributed by atoms with Gasteiger partial charge in [0.25, 0.3) is 0 Å². The highest BCUT2D eigenvalue weighted by Crippen LogP contribution is 2.21. The third kappa shape index (κ3) is 4.12. The largest absolute Gasteiger partial charge is 0.363 e. The summed E-state index contributed by atoms with van der Waals surface area (Å²) in [6.07, 6.45) is -3.79. The molecule has 0 radical (unpaired) electrons. The van der Waals surface area contributed by atoms with Crippen LogP contribution in [0.15, 0.2) is 0 Å². The van der Waals surface area contributed by atoms with Gasteiger partial charge in [-0.05, 0) is 6.92 Å². The van der Waals surface area contributed by atoms with Gasteiger partial charge >= 0.3 is 12.3 Å². The smallest absolute Gasteiger partial charge is 0.324 e. The van der Waals surface area contributed by atoms with Gasteiger partial charge in [-0.15, -0.1) is 0 Å². The molecule has 1 heterocycles. The molecule has 0 unspecified atom stereocenters. The number of alkyl halides is 4. The van der Waals surface area contributed by atoms with E-state index in [1.807, 2.05) is 0 Å². The molecule has 8 heteroatoms. The maximum atomic E-state index is 12.4. The SMILES string of the molecule is CC1(OCC(=O)NCC(F)(F)C(F)F)CNC1. The Kier molecular flexibility index (Phi) is 4.31. The van der Waals surface area contributed by atoms with Gasteiger partial charge in [-0.1, -0.05) is 0 Å². The molecule has 1 saturated heterocycles. The highest BCUT2D eigenvalue weighted by atomic mass is 19.3. The molecule has 0 spiro atoms. The molecule has 0 aromatic heterocycles. The first-order valence-electron chi connectivity index (χ1n) is 5.02. The predicted molar refractivity (Wildman–Crippen MR) is 51.2 cm³/mol. The van der Waals surface area contributed by atoms with E-state index in [0.717, 1.165) is 0 Å². The van der Waals surface area contributed by atoms with Crippen LogP contribution in [0.5, 0.6) is 0 Å². The third-order valence-corrected chi connectivity index (χ3v) is 2.39. The van der Waals surface area contributed by atoms with E-state index in [0.29, 0.717) is 13.1 Å². The van der Waals surface area contributed by atoms with Crippen molar-refractivity contribution < 1.29 is 27.1 Å². The van der Waals surface area contributed by atoms with Crippen LogP contribution in [-0.2, 0) is 9.53 Å². The molecule has 0 saturated carbocycles. The van der Waals surface area contributed by atoms with Crippen LogP contribution in [0.4, 0.5) is 17.6 Å². The molecule has 0 aliphatic carbocycles. The topological polar surface area (TPSA) is 50.4 Å². The maximum absolute atomic E-state index is 12.4. The van der Waals surface area contributed by atoms with Crippen LogP contribution in [0.25, 0.3) is 0 Å². The summed E-state index contributed by atoms with van der Waals surface area (Å²) in [4.78, 5) is 11.1. The Bertz CT molecular complexity index is 282. The minimum atomic E-state index is -4.21. The molecule has 2 N–H and O–H groups in total. The lowest BCUT2D eigenvalue weighted by Crippen LogP contribution is -2.59. The van der Waals surface area contributed by atoms with Crippen LogP contribution < -0.4 is 10.6 Å². The highest BCUT2D eigenvalue weighted by molar-refractivity contribution is 5.77. The van der Waals surface area contributed by atoms with Gasteiger partial charge in [-0.3, -0.25) is 4.79 Å². The zero-order chi connectivity index (χ0) is 13.1. The van der Waals surface area contributed by atoms with Crippen molar-refractivity contribution in [3.05, 3.63) is 0 Å². The molecule has 100 valence electrons. The number of halogens is 4. The summed E-state index contributed by atoms with van der Waals surface area (Å²) < 4.78 is 53.6. The number of carbonyl (C=O) groups excluding carboxylic acids is 1. The average molecular weight is 258 g/mol. The Hall–Kier alpha value is -0.890. The lowest BCUT2D eigenvalue weighted by atomic mass is 10.0. The molecule has 0 atom stereocenters. The average Bonchev–Trinajstić information content (AvgIpc) is 2.20. The second-order valence-electron chi connectivity index (χ2n) is 4.18. The molecule has 0 aromatic carbocycles. The summed E-state index contributed by atoms with van der Waals surface area (Å²) >= 11 is 0. The number of amides is 1. The molecule has 4 nitrogen and oxygen atoms in total. The zero-order valence-corrected chi connectivity index (χ0v) is 9.23. The summed E-state index contributed by atoms with van der Waals surface area (Å²) in [7, 11) is 0. The van der Waals surface area contributed by atoms with Gasteiger partial charge in [0.05, 0.1) is 12.1 Å². The van der Waals surface area contributed by atoms with E-state index >= 15 is 0 Å². The van der Waals surface area contributed by atoms with Crippen molar-refractivity contribution in [3.8, 4) is 0 Å². The monoisotopic (exact) mass is 258 g/mol. The standard InChI is InChI=1S/C9H14F4N2O2/c1-8(3-14-4-8)17-2-6(16)15-5-9(12,13)7(10)11/h7,14H,2-5H2,1H3,(H,15,16). The predicted octanol–water partition coefficient (Wildman–Crippen LogP) is 0.381. The summed E-state index contributed by atoms with van der Waals surface area (Å²) in [5, 5.41) is 4.63. The first-order chi connectivity index (χ1) is 7.75. The molecule has 17 heavy (non-hydrogen) atoms. The van der Waals surface area contributed by atoms with Crippen LogP contribution >= 0.6 is 0 Å². The Morgan fingerprint density at radius 3 is 2.53 bits per heavy atom. The number of hydrogen-bond acceptors (Lipinski definition) is 3. The quantitative estimate of drug-likeness (QED) is 0.677. The number of ether oxygens (including phenoxy) is 1. The first-order valence-corrected chi connectivity index (χ1v) is 5.02. The van der Waals surface area contributed by atoms with Crippen LogP contribution in [0.1, 0.15) is 6.92 Å². The fourth-order valence-corrected chi connectivity index (χ4v) is 1.16. The Balaban J connectivity index is 2.21. The van der Waals surface area contributed by atoms with Gasteiger partial charge in [-0.2, -0.15) is 8.78 Å². The number of carbonyl (C=O) groups is 1. The summed E-state index contributed by atoms with van der Waals surface area (Å²) in [5.41, 5.74) is -0.484. The lowest BCUT2D eigenvalue weighted by molar-refractivity contribution is -0.145. The van der Waals surface area contributed by atoms with Crippen molar-refractivity contribution in [2.24, 2.45) is 0 Å². The van der Waals surface area contributed by atoms with E-state index in [-0.39, 0.29) is 0 Å². The molecule has 1 aliphatic rings. The number of nitrogens with one attached hydrogen (secondary N) is 2. The molecule has 1 rings (SSSR count). The first kappa shape index (κ1) is 14.2. The molecular formula is C9H14F4N2O2. The van der Waals surface area contributed by atoms with Crippen molar-refractivity contribution in [3.63, 3.8) is 0 Å². The fourth-order valence-electron chi connectivity index (χ4n) is 1.16. The van der Waals surface area contributed by atoms with Crippen LogP contribution in [0, 0.1) is 0 Å². The Morgan fingerprint density at radius 1 is 1.53 bits per heavy atom. The zero-order valence-electron chi connectivity index (χ0n) is 9.23. The van der Waals surface area contributed by atoms with E-state index < -0.39 is 37.0 Å². The maximum Gasteiger partial charge on any atom is 0.324 e. The minimum absolute atomic E-state index is 0.419. The molecule has 0 bridgehead atoms. The van der Waals surface area contributed by atoms with E-state index in [1.54, 1.807) is 12.2 Å². The van der Waals surface area contributed by atoms with E-state index in [9.17, 15) is 22.4 Å². The molecule has 1 fully saturated rings. The van der Waals surface area contributed by atoms with Crippen molar-refractivity contribution in [1.29, 1.82) is 0 Å². The highest BCUT2D eigenvalue weighted by Gasteiger charge is 2.41. The third-order valence-electron chi connectivity index (χ3n) is 2.39.